The molecule has 96 valence electrons. The molecule has 0 unspecified atom stereocenters. The van der Waals surface area contributed by atoms with Crippen molar-refractivity contribution in [3.63, 3.8) is 0 Å². The SMILES string of the molecule is OP(O)CCCCc1ccc(C(F)(F)F)cc1. The predicted octanol–water partition coefficient (Wildman–Crippen LogP) is 3.32. The largest absolute Gasteiger partial charge is 0.416 e. The maximum Gasteiger partial charge on any atom is 0.416 e. The second kappa shape index (κ2) is 6.34. The number of benzene rings is 1. The van der Waals surface area contributed by atoms with Gasteiger partial charge in [-0.25, -0.2) is 0 Å². The average Bonchev–Trinajstić information content (AvgIpc) is 2.23. The van der Waals surface area contributed by atoms with Crippen LogP contribution < -0.4 is 0 Å². The van der Waals surface area contributed by atoms with Gasteiger partial charge in [0.25, 0.3) is 0 Å². The molecule has 0 atom stereocenters. The van der Waals surface area contributed by atoms with E-state index in [0.29, 0.717) is 19.0 Å². The summed E-state index contributed by atoms with van der Waals surface area (Å²) in [5.74, 6) is 0. The highest BCUT2D eigenvalue weighted by Crippen LogP contribution is 2.29. The van der Waals surface area contributed by atoms with Gasteiger partial charge in [0.15, 0.2) is 8.38 Å². The molecule has 0 spiro atoms. The highest BCUT2D eigenvalue weighted by atomic mass is 31.2. The molecule has 6 heteroatoms. The van der Waals surface area contributed by atoms with Crippen LogP contribution in [-0.2, 0) is 12.6 Å². The number of aryl methyl sites for hydroxylation is 1. The molecule has 0 saturated heterocycles. The van der Waals surface area contributed by atoms with Gasteiger partial charge >= 0.3 is 6.18 Å². The summed E-state index contributed by atoms with van der Waals surface area (Å²) in [6, 6.07) is 5.06. The number of halogens is 3. The zero-order chi connectivity index (χ0) is 12.9. The van der Waals surface area contributed by atoms with Crippen molar-refractivity contribution in [2.24, 2.45) is 0 Å². The van der Waals surface area contributed by atoms with E-state index < -0.39 is 20.1 Å². The molecule has 0 aliphatic carbocycles. The topological polar surface area (TPSA) is 40.5 Å². The van der Waals surface area contributed by atoms with E-state index in [1.54, 1.807) is 0 Å². The molecule has 0 amide bonds. The molecule has 0 saturated carbocycles. The van der Waals surface area contributed by atoms with E-state index >= 15 is 0 Å². The molecule has 17 heavy (non-hydrogen) atoms. The van der Waals surface area contributed by atoms with Crippen LogP contribution in [0.1, 0.15) is 24.0 Å². The zero-order valence-corrected chi connectivity index (χ0v) is 10.0. The number of unbranched alkanes of at least 4 members (excludes halogenated alkanes) is 1. The lowest BCUT2D eigenvalue weighted by molar-refractivity contribution is -0.137. The Morgan fingerprint density at radius 2 is 1.59 bits per heavy atom. The van der Waals surface area contributed by atoms with E-state index in [2.05, 4.69) is 0 Å². The van der Waals surface area contributed by atoms with E-state index in [9.17, 15) is 13.2 Å². The molecule has 0 aliphatic rings. The predicted molar refractivity (Wildman–Crippen MR) is 60.6 cm³/mol. The highest BCUT2D eigenvalue weighted by molar-refractivity contribution is 7.45. The van der Waals surface area contributed by atoms with Gasteiger partial charge in [-0.1, -0.05) is 12.1 Å². The van der Waals surface area contributed by atoms with Crippen molar-refractivity contribution in [2.45, 2.75) is 25.4 Å². The van der Waals surface area contributed by atoms with Crippen LogP contribution in [0.5, 0.6) is 0 Å². The maximum atomic E-state index is 12.3. The minimum Gasteiger partial charge on any atom is -0.350 e. The Balaban J connectivity index is 2.41. The van der Waals surface area contributed by atoms with Crippen molar-refractivity contribution in [3.05, 3.63) is 35.4 Å². The lowest BCUT2D eigenvalue weighted by atomic mass is 10.1. The molecule has 2 N–H and O–H groups in total. The summed E-state index contributed by atoms with van der Waals surface area (Å²) in [5, 5.41) is 0. The van der Waals surface area contributed by atoms with Crippen LogP contribution in [0.4, 0.5) is 13.2 Å². The Morgan fingerprint density at radius 3 is 2.06 bits per heavy atom. The molecule has 0 bridgehead atoms. The van der Waals surface area contributed by atoms with Crippen molar-refractivity contribution in [1.29, 1.82) is 0 Å². The fraction of sp³-hybridized carbons (Fsp3) is 0.455. The summed E-state index contributed by atoms with van der Waals surface area (Å²) in [6.45, 7) is 0. The second-order valence-electron chi connectivity index (χ2n) is 3.75. The molecule has 1 aromatic carbocycles. The molecule has 0 fully saturated rings. The van der Waals surface area contributed by atoms with Gasteiger partial charge in [-0.3, -0.25) is 0 Å². The summed E-state index contributed by atoms with van der Waals surface area (Å²) in [7, 11) is -1.85. The van der Waals surface area contributed by atoms with Gasteiger partial charge < -0.3 is 9.79 Å². The number of alkyl halides is 3. The van der Waals surface area contributed by atoms with E-state index in [1.807, 2.05) is 0 Å². The smallest absolute Gasteiger partial charge is 0.350 e. The lowest BCUT2D eigenvalue weighted by Crippen LogP contribution is -2.04. The first-order chi connectivity index (χ1) is 7.89. The zero-order valence-electron chi connectivity index (χ0n) is 9.11. The fourth-order valence-corrected chi connectivity index (χ4v) is 1.95. The van der Waals surface area contributed by atoms with Crippen LogP contribution in [0.15, 0.2) is 24.3 Å². The van der Waals surface area contributed by atoms with Gasteiger partial charge in [-0.2, -0.15) is 13.2 Å². The number of hydrogen-bond donors (Lipinski definition) is 2. The highest BCUT2D eigenvalue weighted by Gasteiger charge is 2.29. The standard InChI is InChI=1S/C11H14F3O2P/c12-11(13,14)10-6-4-9(5-7-10)3-1-2-8-17(15)16/h4-7,15-16H,1-3,8H2. The third kappa shape index (κ3) is 5.48. The summed E-state index contributed by atoms with van der Waals surface area (Å²) in [6.07, 6.45) is -1.87. The second-order valence-corrected chi connectivity index (χ2v) is 4.94. The van der Waals surface area contributed by atoms with Crippen LogP contribution in [0.2, 0.25) is 0 Å². The van der Waals surface area contributed by atoms with Crippen LogP contribution in [-0.4, -0.2) is 15.9 Å². The van der Waals surface area contributed by atoms with Crippen molar-refractivity contribution in [3.8, 4) is 0 Å². The normalized spacial score (nSPS) is 12.1. The van der Waals surface area contributed by atoms with Gasteiger partial charge in [0, 0.05) is 6.16 Å². The minimum absolute atomic E-state index is 0.357. The molecule has 2 nitrogen and oxygen atoms in total. The van der Waals surface area contributed by atoms with Crippen molar-refractivity contribution in [2.75, 3.05) is 6.16 Å². The Bertz CT molecular complexity index is 336. The number of rotatable bonds is 5. The van der Waals surface area contributed by atoms with Crippen LogP contribution in [0, 0.1) is 0 Å². The molecule has 0 heterocycles. The van der Waals surface area contributed by atoms with E-state index in [0.717, 1.165) is 24.1 Å². The van der Waals surface area contributed by atoms with E-state index in [-0.39, 0.29) is 0 Å². The monoisotopic (exact) mass is 266 g/mol. The van der Waals surface area contributed by atoms with E-state index in [4.69, 9.17) is 9.79 Å². The Hall–Kier alpha value is -0.640. The first kappa shape index (κ1) is 14.4. The van der Waals surface area contributed by atoms with Crippen molar-refractivity contribution < 1.29 is 23.0 Å². The molecule has 0 aliphatic heterocycles. The van der Waals surface area contributed by atoms with Crippen molar-refractivity contribution in [1.82, 2.24) is 0 Å². The van der Waals surface area contributed by atoms with Gasteiger partial charge in [0.1, 0.15) is 0 Å². The molecule has 0 aromatic heterocycles. The van der Waals surface area contributed by atoms with Crippen molar-refractivity contribution >= 4 is 8.38 Å². The van der Waals surface area contributed by atoms with Gasteiger partial charge in [-0.05, 0) is 37.0 Å². The summed E-state index contributed by atoms with van der Waals surface area (Å²) in [4.78, 5) is 17.3. The van der Waals surface area contributed by atoms with Gasteiger partial charge in [0.2, 0.25) is 0 Å². The first-order valence-corrected chi connectivity index (χ1v) is 6.64. The maximum absolute atomic E-state index is 12.3. The number of hydrogen-bond acceptors (Lipinski definition) is 2. The van der Waals surface area contributed by atoms with Gasteiger partial charge in [0.05, 0.1) is 5.56 Å². The summed E-state index contributed by atoms with van der Waals surface area (Å²) >= 11 is 0. The fourth-order valence-electron chi connectivity index (χ4n) is 1.44. The molecule has 1 rings (SSSR count). The Kier molecular flexibility index (Phi) is 5.37. The third-order valence-corrected chi connectivity index (χ3v) is 3.07. The minimum atomic E-state index is -4.29. The molecular formula is C11H14F3O2P. The quantitative estimate of drug-likeness (QED) is 0.634. The van der Waals surface area contributed by atoms with Crippen LogP contribution in [0.3, 0.4) is 0 Å². The Morgan fingerprint density at radius 1 is 1.00 bits per heavy atom. The molecular weight excluding hydrogens is 252 g/mol. The first-order valence-electron chi connectivity index (χ1n) is 5.21. The van der Waals surface area contributed by atoms with Gasteiger partial charge in [-0.15, -0.1) is 0 Å². The van der Waals surface area contributed by atoms with Crippen LogP contribution in [0.25, 0.3) is 0 Å². The van der Waals surface area contributed by atoms with Crippen LogP contribution >= 0.6 is 8.38 Å². The Labute approximate surface area is 99.0 Å². The third-order valence-electron chi connectivity index (χ3n) is 2.35. The molecule has 0 radical (unpaired) electrons. The average molecular weight is 266 g/mol. The molecule has 1 aromatic rings. The summed E-state index contributed by atoms with van der Waals surface area (Å²) in [5.41, 5.74) is 0.189. The van der Waals surface area contributed by atoms with E-state index in [1.165, 1.54) is 12.1 Å². The lowest BCUT2D eigenvalue weighted by Gasteiger charge is -2.07. The summed E-state index contributed by atoms with van der Waals surface area (Å²) < 4.78 is 36.8.